The van der Waals surface area contributed by atoms with Crippen LogP contribution in [0.1, 0.15) is 17.3 Å². The number of hydrogen-bond donors (Lipinski definition) is 2. The molecule has 0 aliphatic rings. The second kappa shape index (κ2) is 5.44. The molecule has 1 atom stereocenters. The molecule has 7 heteroatoms. The maximum atomic E-state index is 13.3. The number of anilines is 1. The van der Waals surface area contributed by atoms with Crippen LogP contribution in [0.15, 0.2) is 12.1 Å². The van der Waals surface area contributed by atoms with E-state index in [1.807, 2.05) is 0 Å². The molecule has 3 N–H and O–H groups in total. The molecule has 5 nitrogen and oxygen atoms in total. The van der Waals surface area contributed by atoms with E-state index in [1.165, 1.54) is 6.92 Å². The number of rotatable bonds is 3. The van der Waals surface area contributed by atoms with Gasteiger partial charge in [0.1, 0.15) is 17.7 Å². The van der Waals surface area contributed by atoms with Crippen LogP contribution >= 0.6 is 0 Å². The minimum atomic E-state index is -1.06. The number of carbonyl (C=O) groups is 2. The lowest BCUT2D eigenvalue weighted by Crippen LogP contribution is -2.39. The van der Waals surface area contributed by atoms with Gasteiger partial charge in [0.25, 0.3) is 5.91 Å². The molecule has 0 radical (unpaired) electrons. The third-order valence-electron chi connectivity index (χ3n) is 2.23. The number of nitrogen functional groups attached to an aromatic ring is 1. The van der Waals surface area contributed by atoms with Crippen molar-refractivity contribution in [1.29, 1.82) is 0 Å². The van der Waals surface area contributed by atoms with E-state index >= 15 is 0 Å². The van der Waals surface area contributed by atoms with Crippen LogP contribution in [-0.2, 0) is 9.53 Å². The summed E-state index contributed by atoms with van der Waals surface area (Å²) in [5.74, 6) is -3.57. The first-order valence-electron chi connectivity index (χ1n) is 5.00. The van der Waals surface area contributed by atoms with E-state index in [-0.39, 0.29) is 5.69 Å². The van der Waals surface area contributed by atoms with Gasteiger partial charge in [-0.05, 0) is 13.0 Å². The highest BCUT2D eigenvalue weighted by Gasteiger charge is 2.20. The highest BCUT2D eigenvalue weighted by molar-refractivity contribution is 5.97. The number of methoxy groups -OCH3 is 1. The molecule has 1 aromatic rings. The maximum absolute atomic E-state index is 13.3. The lowest BCUT2D eigenvalue weighted by Gasteiger charge is -2.12. The van der Waals surface area contributed by atoms with Gasteiger partial charge in [-0.1, -0.05) is 0 Å². The van der Waals surface area contributed by atoms with Gasteiger partial charge in [0.2, 0.25) is 0 Å². The van der Waals surface area contributed by atoms with Gasteiger partial charge >= 0.3 is 5.97 Å². The quantitative estimate of drug-likeness (QED) is 0.621. The van der Waals surface area contributed by atoms with Crippen LogP contribution in [0.3, 0.4) is 0 Å². The van der Waals surface area contributed by atoms with Gasteiger partial charge in [-0.3, -0.25) is 4.79 Å². The van der Waals surface area contributed by atoms with Gasteiger partial charge in [0, 0.05) is 6.07 Å². The SMILES string of the molecule is COC(=O)C(C)NC(=O)c1cc(N)c(F)cc1F. The van der Waals surface area contributed by atoms with Crippen molar-refractivity contribution in [2.45, 2.75) is 13.0 Å². The van der Waals surface area contributed by atoms with Crippen LogP contribution in [0, 0.1) is 11.6 Å². The third kappa shape index (κ3) is 2.93. The average molecular weight is 258 g/mol. The summed E-state index contributed by atoms with van der Waals surface area (Å²) in [5, 5.41) is 2.20. The van der Waals surface area contributed by atoms with Crippen LogP contribution in [0.4, 0.5) is 14.5 Å². The number of amides is 1. The molecular weight excluding hydrogens is 246 g/mol. The van der Waals surface area contributed by atoms with Gasteiger partial charge in [0.05, 0.1) is 18.4 Å². The molecule has 1 unspecified atom stereocenters. The van der Waals surface area contributed by atoms with Gasteiger partial charge in [0.15, 0.2) is 0 Å². The molecule has 0 aliphatic carbocycles. The molecule has 0 heterocycles. The molecule has 1 amide bonds. The molecule has 0 saturated carbocycles. The molecule has 98 valence electrons. The Bertz CT molecular complexity index is 491. The fourth-order valence-electron chi connectivity index (χ4n) is 1.25. The standard InChI is InChI=1S/C11H12F2N2O3/c1-5(11(17)18-2)15-10(16)6-3-9(14)8(13)4-7(6)12/h3-5H,14H2,1-2H3,(H,15,16). The number of hydrogen-bond acceptors (Lipinski definition) is 4. The van der Waals surface area contributed by atoms with Crippen LogP contribution in [0.2, 0.25) is 0 Å². The van der Waals surface area contributed by atoms with Crippen molar-refractivity contribution in [2.24, 2.45) is 0 Å². The van der Waals surface area contributed by atoms with Crippen LogP contribution in [0.25, 0.3) is 0 Å². The van der Waals surface area contributed by atoms with E-state index in [4.69, 9.17) is 5.73 Å². The van der Waals surface area contributed by atoms with E-state index in [2.05, 4.69) is 10.1 Å². The zero-order chi connectivity index (χ0) is 13.9. The summed E-state index contributed by atoms with van der Waals surface area (Å²) in [6.45, 7) is 1.37. The van der Waals surface area contributed by atoms with Gasteiger partial charge in [-0.2, -0.15) is 0 Å². The van der Waals surface area contributed by atoms with Gasteiger partial charge < -0.3 is 15.8 Å². The normalized spacial score (nSPS) is 11.8. The zero-order valence-electron chi connectivity index (χ0n) is 9.79. The summed E-state index contributed by atoms with van der Waals surface area (Å²) in [6, 6.07) is 0.421. The molecular formula is C11H12F2N2O3. The van der Waals surface area contributed by atoms with E-state index < -0.39 is 35.1 Å². The van der Waals surface area contributed by atoms with Crippen molar-refractivity contribution in [1.82, 2.24) is 5.32 Å². The van der Waals surface area contributed by atoms with E-state index in [9.17, 15) is 18.4 Å². The summed E-state index contributed by atoms with van der Waals surface area (Å²) in [4.78, 5) is 22.7. The van der Waals surface area contributed by atoms with Crippen molar-refractivity contribution in [2.75, 3.05) is 12.8 Å². The molecule has 1 rings (SSSR count). The maximum Gasteiger partial charge on any atom is 0.328 e. The van der Waals surface area contributed by atoms with Crippen LogP contribution < -0.4 is 11.1 Å². The Hall–Kier alpha value is -2.18. The Labute approximate surface area is 102 Å². The third-order valence-corrected chi connectivity index (χ3v) is 2.23. The summed E-state index contributed by atoms with van der Waals surface area (Å²) in [5.41, 5.74) is 4.44. The number of nitrogens with one attached hydrogen (secondary N) is 1. The number of benzene rings is 1. The fraction of sp³-hybridized carbons (Fsp3) is 0.273. The van der Waals surface area contributed by atoms with Crippen molar-refractivity contribution in [3.8, 4) is 0 Å². The smallest absolute Gasteiger partial charge is 0.328 e. The summed E-state index contributed by atoms with van der Waals surface area (Å²) < 4.78 is 30.6. The second-order valence-electron chi connectivity index (χ2n) is 3.57. The van der Waals surface area contributed by atoms with E-state index in [0.717, 1.165) is 13.2 Å². The minimum Gasteiger partial charge on any atom is -0.467 e. The van der Waals surface area contributed by atoms with Crippen molar-refractivity contribution in [3.05, 3.63) is 29.3 Å². The molecule has 1 aromatic carbocycles. The van der Waals surface area contributed by atoms with Crippen molar-refractivity contribution >= 4 is 17.6 Å². The van der Waals surface area contributed by atoms with Crippen molar-refractivity contribution in [3.63, 3.8) is 0 Å². The highest BCUT2D eigenvalue weighted by Crippen LogP contribution is 2.16. The number of esters is 1. The predicted octanol–water partition coefficient (Wildman–Crippen LogP) is 0.838. The molecule has 0 spiro atoms. The Morgan fingerprint density at radius 2 is 1.94 bits per heavy atom. The Balaban J connectivity index is 2.91. The molecule has 0 aliphatic heterocycles. The lowest BCUT2D eigenvalue weighted by atomic mass is 10.1. The summed E-state index contributed by atoms with van der Waals surface area (Å²) in [6.07, 6.45) is 0. The zero-order valence-corrected chi connectivity index (χ0v) is 9.79. The molecule has 0 bridgehead atoms. The van der Waals surface area contributed by atoms with Gasteiger partial charge in [-0.15, -0.1) is 0 Å². The van der Waals surface area contributed by atoms with Gasteiger partial charge in [-0.25, -0.2) is 13.6 Å². The number of halogens is 2. The minimum absolute atomic E-state index is 0.354. The lowest BCUT2D eigenvalue weighted by molar-refractivity contribution is -0.142. The first-order chi connectivity index (χ1) is 8.36. The molecule has 18 heavy (non-hydrogen) atoms. The summed E-state index contributed by atoms with van der Waals surface area (Å²) >= 11 is 0. The Morgan fingerprint density at radius 1 is 1.33 bits per heavy atom. The number of nitrogens with two attached hydrogens (primary N) is 1. The predicted molar refractivity (Wildman–Crippen MR) is 59.7 cm³/mol. The highest BCUT2D eigenvalue weighted by atomic mass is 19.1. The molecule has 0 fully saturated rings. The fourth-order valence-corrected chi connectivity index (χ4v) is 1.25. The monoisotopic (exact) mass is 258 g/mol. The van der Waals surface area contributed by atoms with Crippen molar-refractivity contribution < 1.29 is 23.1 Å². The number of carbonyl (C=O) groups excluding carboxylic acids is 2. The number of ether oxygens (including phenoxy) is 1. The van der Waals surface area contributed by atoms with E-state index in [1.54, 1.807) is 0 Å². The Kier molecular flexibility index (Phi) is 4.19. The average Bonchev–Trinajstić information content (AvgIpc) is 2.32. The second-order valence-corrected chi connectivity index (χ2v) is 3.57. The van der Waals surface area contributed by atoms with Crippen LogP contribution in [-0.4, -0.2) is 25.0 Å². The Morgan fingerprint density at radius 3 is 2.50 bits per heavy atom. The largest absolute Gasteiger partial charge is 0.467 e. The molecule has 0 saturated heterocycles. The van der Waals surface area contributed by atoms with Crippen LogP contribution in [0.5, 0.6) is 0 Å². The molecule has 0 aromatic heterocycles. The summed E-state index contributed by atoms with van der Waals surface area (Å²) in [7, 11) is 1.15. The first kappa shape index (κ1) is 13.9. The first-order valence-corrected chi connectivity index (χ1v) is 5.00. The van der Waals surface area contributed by atoms with E-state index in [0.29, 0.717) is 6.07 Å². The topological polar surface area (TPSA) is 81.4 Å².